The maximum Gasteiger partial charge on any atom is 0.325 e. The van der Waals surface area contributed by atoms with Crippen molar-refractivity contribution in [2.45, 2.75) is 51.6 Å². The Morgan fingerprint density at radius 3 is 2.75 bits per heavy atom. The standard InChI is InChI=1S/C16H22N4O4/c1-10-8-11(18-24-10)12-6-4-5-7-19(12)13(21)9-20-14(22)16(2,3)17-15(20)23/h8,12H,4-7,9H2,1-3H3,(H,17,23)/t12-/m0/s1. The van der Waals surface area contributed by atoms with E-state index in [1.807, 2.05) is 6.07 Å². The SMILES string of the molecule is Cc1cc([C@@H]2CCCCN2C(=O)CN2C(=O)NC(C)(C)C2=O)no1. The lowest BCUT2D eigenvalue weighted by molar-refractivity contribution is -0.141. The van der Waals surface area contributed by atoms with Gasteiger partial charge in [0.25, 0.3) is 5.91 Å². The van der Waals surface area contributed by atoms with E-state index in [1.54, 1.807) is 25.7 Å². The molecule has 130 valence electrons. The summed E-state index contributed by atoms with van der Waals surface area (Å²) in [6, 6.07) is 1.13. The fraction of sp³-hybridized carbons (Fsp3) is 0.625. The number of aromatic nitrogens is 1. The van der Waals surface area contributed by atoms with Gasteiger partial charge in [-0.15, -0.1) is 0 Å². The van der Waals surface area contributed by atoms with Crippen LogP contribution in [0, 0.1) is 6.92 Å². The van der Waals surface area contributed by atoms with Crippen LogP contribution in [0.3, 0.4) is 0 Å². The molecule has 1 N–H and O–H groups in total. The summed E-state index contributed by atoms with van der Waals surface area (Å²) in [6.07, 6.45) is 2.69. The highest BCUT2D eigenvalue weighted by atomic mass is 16.5. The van der Waals surface area contributed by atoms with Crippen LogP contribution in [0.5, 0.6) is 0 Å². The van der Waals surface area contributed by atoms with Gasteiger partial charge < -0.3 is 14.7 Å². The summed E-state index contributed by atoms with van der Waals surface area (Å²) in [5, 5.41) is 6.62. The molecule has 2 fully saturated rings. The highest BCUT2D eigenvalue weighted by Crippen LogP contribution is 2.31. The molecule has 3 heterocycles. The van der Waals surface area contributed by atoms with Gasteiger partial charge in [0, 0.05) is 12.6 Å². The van der Waals surface area contributed by atoms with E-state index in [2.05, 4.69) is 10.5 Å². The topological polar surface area (TPSA) is 95.8 Å². The summed E-state index contributed by atoms with van der Waals surface area (Å²) >= 11 is 0. The number of nitrogens with zero attached hydrogens (tertiary/aromatic N) is 3. The fourth-order valence-electron chi connectivity index (χ4n) is 3.27. The van der Waals surface area contributed by atoms with Crippen molar-refractivity contribution in [3.63, 3.8) is 0 Å². The number of piperidine rings is 1. The number of aryl methyl sites for hydroxylation is 1. The first-order valence-corrected chi connectivity index (χ1v) is 8.16. The molecule has 2 aliphatic rings. The van der Waals surface area contributed by atoms with E-state index in [0.717, 1.165) is 29.9 Å². The molecule has 1 aromatic rings. The second-order valence-corrected chi connectivity index (χ2v) is 6.91. The second kappa shape index (κ2) is 5.92. The van der Waals surface area contributed by atoms with Gasteiger partial charge in [-0.1, -0.05) is 5.16 Å². The van der Waals surface area contributed by atoms with Crippen LogP contribution < -0.4 is 5.32 Å². The van der Waals surface area contributed by atoms with Crippen molar-refractivity contribution < 1.29 is 18.9 Å². The molecule has 0 aliphatic carbocycles. The van der Waals surface area contributed by atoms with Crippen LogP contribution in [0.4, 0.5) is 4.79 Å². The molecule has 0 aromatic carbocycles. The van der Waals surface area contributed by atoms with Crippen molar-refractivity contribution in [1.29, 1.82) is 0 Å². The van der Waals surface area contributed by atoms with Gasteiger partial charge in [0.1, 0.15) is 23.5 Å². The first kappa shape index (κ1) is 16.5. The smallest absolute Gasteiger partial charge is 0.325 e. The summed E-state index contributed by atoms with van der Waals surface area (Å²) in [4.78, 5) is 39.7. The Bertz CT molecular complexity index is 681. The monoisotopic (exact) mass is 334 g/mol. The zero-order valence-electron chi connectivity index (χ0n) is 14.2. The zero-order chi connectivity index (χ0) is 17.5. The van der Waals surface area contributed by atoms with E-state index < -0.39 is 11.6 Å². The summed E-state index contributed by atoms with van der Waals surface area (Å²) in [5.41, 5.74) is -0.250. The number of amides is 4. The largest absolute Gasteiger partial charge is 0.361 e. The summed E-state index contributed by atoms with van der Waals surface area (Å²) in [6.45, 7) is 5.39. The minimum absolute atomic E-state index is 0.169. The van der Waals surface area contributed by atoms with Gasteiger partial charge in [-0.25, -0.2) is 4.79 Å². The lowest BCUT2D eigenvalue weighted by Gasteiger charge is -2.35. The number of likely N-dealkylation sites (tertiary alicyclic amines) is 1. The normalized spacial score (nSPS) is 23.5. The molecule has 24 heavy (non-hydrogen) atoms. The predicted octanol–water partition coefficient (Wildman–Crippen LogP) is 1.37. The zero-order valence-corrected chi connectivity index (χ0v) is 14.2. The third-order valence-electron chi connectivity index (χ3n) is 4.55. The van der Waals surface area contributed by atoms with Crippen LogP contribution in [0.25, 0.3) is 0 Å². The number of urea groups is 1. The van der Waals surface area contributed by atoms with Gasteiger partial charge >= 0.3 is 6.03 Å². The highest BCUT2D eigenvalue weighted by Gasteiger charge is 2.45. The number of nitrogens with one attached hydrogen (secondary N) is 1. The third kappa shape index (κ3) is 2.88. The summed E-state index contributed by atoms with van der Waals surface area (Å²) in [5.74, 6) is 0.0621. The van der Waals surface area contributed by atoms with Gasteiger partial charge in [0.15, 0.2) is 0 Å². The first-order chi connectivity index (χ1) is 11.3. The molecule has 0 radical (unpaired) electrons. The molecule has 0 saturated carbocycles. The molecule has 2 saturated heterocycles. The van der Waals surface area contributed by atoms with Crippen LogP contribution >= 0.6 is 0 Å². The minimum Gasteiger partial charge on any atom is -0.361 e. The number of hydrogen-bond donors (Lipinski definition) is 1. The van der Waals surface area contributed by atoms with Crippen LogP contribution in [-0.4, -0.2) is 51.4 Å². The molecule has 1 aromatic heterocycles. The molecule has 0 bridgehead atoms. The van der Waals surface area contributed by atoms with Crippen molar-refractivity contribution >= 4 is 17.8 Å². The van der Waals surface area contributed by atoms with E-state index in [9.17, 15) is 14.4 Å². The average molecular weight is 334 g/mol. The number of carbonyl (C=O) groups excluding carboxylic acids is 3. The number of rotatable bonds is 3. The van der Waals surface area contributed by atoms with Crippen molar-refractivity contribution in [2.24, 2.45) is 0 Å². The third-order valence-corrected chi connectivity index (χ3v) is 4.55. The lowest BCUT2D eigenvalue weighted by atomic mass is 9.99. The minimum atomic E-state index is -0.970. The average Bonchev–Trinajstić information content (AvgIpc) is 3.04. The fourth-order valence-corrected chi connectivity index (χ4v) is 3.27. The summed E-state index contributed by atoms with van der Waals surface area (Å²) < 4.78 is 5.12. The molecule has 4 amide bonds. The molecule has 3 rings (SSSR count). The molecular formula is C16H22N4O4. The van der Waals surface area contributed by atoms with Gasteiger partial charge in [-0.05, 0) is 40.0 Å². The molecule has 1 atom stereocenters. The Kier molecular flexibility index (Phi) is 4.06. The number of imide groups is 1. The molecule has 0 spiro atoms. The Morgan fingerprint density at radius 2 is 2.17 bits per heavy atom. The maximum absolute atomic E-state index is 12.7. The number of hydrogen-bond acceptors (Lipinski definition) is 5. The van der Waals surface area contributed by atoms with E-state index in [1.165, 1.54) is 0 Å². The molecule has 8 nitrogen and oxygen atoms in total. The lowest BCUT2D eigenvalue weighted by Crippen LogP contribution is -2.47. The second-order valence-electron chi connectivity index (χ2n) is 6.91. The van der Waals surface area contributed by atoms with Crippen molar-refractivity contribution in [2.75, 3.05) is 13.1 Å². The van der Waals surface area contributed by atoms with Crippen molar-refractivity contribution in [3.05, 3.63) is 17.5 Å². The van der Waals surface area contributed by atoms with E-state index in [0.29, 0.717) is 12.3 Å². The Labute approximate surface area is 140 Å². The van der Waals surface area contributed by atoms with Crippen LogP contribution in [0.1, 0.15) is 50.6 Å². The quantitative estimate of drug-likeness (QED) is 0.842. The Morgan fingerprint density at radius 1 is 1.42 bits per heavy atom. The number of carbonyl (C=O) groups is 3. The van der Waals surface area contributed by atoms with E-state index >= 15 is 0 Å². The molecule has 8 heteroatoms. The Balaban J connectivity index is 1.75. The Hall–Kier alpha value is -2.38. The van der Waals surface area contributed by atoms with Crippen molar-refractivity contribution in [3.8, 4) is 0 Å². The van der Waals surface area contributed by atoms with Crippen molar-refractivity contribution in [1.82, 2.24) is 20.3 Å². The van der Waals surface area contributed by atoms with Gasteiger partial charge in [-0.3, -0.25) is 14.5 Å². The van der Waals surface area contributed by atoms with Crippen LogP contribution in [-0.2, 0) is 9.59 Å². The van der Waals surface area contributed by atoms with E-state index in [4.69, 9.17) is 4.52 Å². The highest BCUT2D eigenvalue weighted by molar-refractivity contribution is 6.08. The summed E-state index contributed by atoms with van der Waals surface area (Å²) in [7, 11) is 0. The predicted molar refractivity (Wildman–Crippen MR) is 83.9 cm³/mol. The van der Waals surface area contributed by atoms with Crippen LogP contribution in [0.15, 0.2) is 10.6 Å². The maximum atomic E-state index is 12.7. The first-order valence-electron chi connectivity index (χ1n) is 8.16. The molecule has 2 aliphatic heterocycles. The molecule has 0 unspecified atom stereocenters. The van der Waals surface area contributed by atoms with Gasteiger partial charge in [-0.2, -0.15) is 0 Å². The van der Waals surface area contributed by atoms with Gasteiger partial charge in [0.05, 0.1) is 6.04 Å². The van der Waals surface area contributed by atoms with Gasteiger partial charge in [0.2, 0.25) is 5.91 Å². The van der Waals surface area contributed by atoms with E-state index in [-0.39, 0.29) is 24.4 Å². The molecular weight excluding hydrogens is 312 g/mol. The van der Waals surface area contributed by atoms with Crippen LogP contribution in [0.2, 0.25) is 0 Å².